The molecule has 5 nitrogen and oxygen atoms in total. The minimum absolute atomic E-state index is 0.412. The Labute approximate surface area is 327 Å². The molecule has 57 heavy (non-hydrogen) atoms. The predicted molar refractivity (Wildman–Crippen MR) is 230 cm³/mol. The minimum Gasteiger partial charge on any atom is -0.308 e. The van der Waals surface area contributed by atoms with Gasteiger partial charge in [0.1, 0.15) is 11.0 Å². The Morgan fingerprint density at radius 3 is 1.26 bits per heavy atom. The molecular formula is C52H31N5. The van der Waals surface area contributed by atoms with Crippen molar-refractivity contribution in [2.75, 3.05) is 0 Å². The smallest absolute Gasteiger partial charge is 0.115 e. The van der Waals surface area contributed by atoms with E-state index in [1.165, 1.54) is 44.5 Å². The van der Waals surface area contributed by atoms with Crippen LogP contribution in [0.25, 0.3) is 88.8 Å². The standard InChI is InChI=1S/C52H31N5/c1-4-13-41-36(10-1)37-11-2-5-14-42(37)52(41)43-15-6-3-12-38(43)39-30-40-48(31-44(39)52)57(45-16-7-27-53-49(40)45)35-25-21-33(22-26-35)32-19-23-34(24-20-32)56-46-17-8-28-54-50(46)51-47(56)18-9-29-55-51/h1-31H. The molecular weight excluding hydrogens is 695 g/mol. The summed E-state index contributed by atoms with van der Waals surface area (Å²) in [6.45, 7) is 0. The molecule has 2 aliphatic carbocycles. The fourth-order valence-corrected chi connectivity index (χ4v) is 10.2. The van der Waals surface area contributed by atoms with Gasteiger partial charge in [0, 0.05) is 35.4 Å². The summed E-state index contributed by atoms with van der Waals surface area (Å²) in [6.07, 6.45) is 5.58. The van der Waals surface area contributed by atoms with Crippen molar-refractivity contribution in [1.29, 1.82) is 0 Å². The van der Waals surface area contributed by atoms with Gasteiger partial charge in [0.2, 0.25) is 0 Å². The fraction of sp³-hybridized carbons (Fsp3) is 0.0192. The summed E-state index contributed by atoms with van der Waals surface area (Å²) in [4.78, 5) is 14.3. The van der Waals surface area contributed by atoms with Crippen molar-refractivity contribution in [2.24, 2.45) is 0 Å². The summed E-state index contributed by atoms with van der Waals surface area (Å²) in [5.74, 6) is 0. The summed E-state index contributed by atoms with van der Waals surface area (Å²) < 4.78 is 4.65. The number of hydrogen-bond donors (Lipinski definition) is 0. The lowest BCUT2D eigenvalue weighted by molar-refractivity contribution is 0.794. The third-order valence-corrected chi connectivity index (χ3v) is 12.5. The molecule has 0 bridgehead atoms. The summed E-state index contributed by atoms with van der Waals surface area (Å²) >= 11 is 0. The Morgan fingerprint density at radius 1 is 0.333 bits per heavy atom. The van der Waals surface area contributed by atoms with Gasteiger partial charge in [-0.05, 0) is 128 Å². The summed E-state index contributed by atoms with van der Waals surface area (Å²) in [6, 6.07) is 62.1. The molecule has 2 aliphatic rings. The molecule has 5 heterocycles. The maximum Gasteiger partial charge on any atom is 0.115 e. The SMILES string of the molecule is c1ccc2c(c1)-c1ccccc1C21c2ccccc2-c2cc3c4ncccc4n(-c4ccc(-c5ccc(-n6c7cccnc7c7ncccc76)cc5)cc4)c3cc21. The van der Waals surface area contributed by atoms with E-state index in [1.54, 1.807) is 0 Å². The van der Waals surface area contributed by atoms with Crippen molar-refractivity contribution in [2.45, 2.75) is 5.41 Å². The number of nitrogens with zero attached hydrogens (tertiary/aromatic N) is 5. The van der Waals surface area contributed by atoms with Crippen LogP contribution in [-0.2, 0) is 5.41 Å². The molecule has 0 saturated heterocycles. The fourth-order valence-electron chi connectivity index (χ4n) is 10.2. The summed E-state index contributed by atoms with van der Waals surface area (Å²) in [7, 11) is 0. The first kappa shape index (κ1) is 30.7. The molecule has 0 atom stereocenters. The van der Waals surface area contributed by atoms with Gasteiger partial charge in [0.05, 0.1) is 33.0 Å². The van der Waals surface area contributed by atoms with Crippen LogP contribution in [0.3, 0.4) is 0 Å². The Balaban J connectivity index is 0.969. The topological polar surface area (TPSA) is 48.5 Å². The summed E-state index contributed by atoms with van der Waals surface area (Å²) in [5, 5.41) is 1.16. The molecule has 5 aromatic heterocycles. The van der Waals surface area contributed by atoms with Gasteiger partial charge in [0.25, 0.3) is 0 Å². The van der Waals surface area contributed by atoms with E-state index in [-0.39, 0.29) is 0 Å². The van der Waals surface area contributed by atoms with Crippen molar-refractivity contribution in [1.82, 2.24) is 24.1 Å². The van der Waals surface area contributed by atoms with Crippen LogP contribution in [0.5, 0.6) is 0 Å². The van der Waals surface area contributed by atoms with E-state index in [0.29, 0.717) is 0 Å². The van der Waals surface area contributed by atoms with Crippen LogP contribution in [0, 0.1) is 0 Å². The molecule has 0 fully saturated rings. The molecule has 5 heteroatoms. The van der Waals surface area contributed by atoms with Gasteiger partial charge in [-0.15, -0.1) is 0 Å². The van der Waals surface area contributed by atoms with Crippen LogP contribution in [0.2, 0.25) is 0 Å². The highest BCUT2D eigenvalue weighted by atomic mass is 15.0. The maximum atomic E-state index is 5.00. The lowest BCUT2D eigenvalue weighted by Gasteiger charge is -2.30. The predicted octanol–water partition coefficient (Wildman–Crippen LogP) is 12.1. The van der Waals surface area contributed by atoms with Crippen molar-refractivity contribution in [3.63, 3.8) is 0 Å². The van der Waals surface area contributed by atoms with Crippen molar-refractivity contribution in [3.05, 3.63) is 211 Å². The van der Waals surface area contributed by atoms with Crippen molar-refractivity contribution >= 4 is 44.0 Å². The second kappa shape index (κ2) is 11.2. The van der Waals surface area contributed by atoms with Crippen LogP contribution >= 0.6 is 0 Å². The highest BCUT2D eigenvalue weighted by Crippen LogP contribution is 2.63. The maximum absolute atomic E-state index is 5.00. The monoisotopic (exact) mass is 725 g/mol. The lowest BCUT2D eigenvalue weighted by atomic mass is 9.70. The largest absolute Gasteiger partial charge is 0.308 e. The quantitative estimate of drug-likeness (QED) is 0.182. The van der Waals surface area contributed by atoms with E-state index in [0.717, 1.165) is 66.5 Å². The van der Waals surface area contributed by atoms with Gasteiger partial charge in [-0.2, -0.15) is 0 Å². The van der Waals surface area contributed by atoms with Gasteiger partial charge in [-0.1, -0.05) is 97.1 Å². The highest BCUT2D eigenvalue weighted by Gasteiger charge is 2.51. The number of aromatic nitrogens is 5. The number of pyridine rings is 3. The first-order chi connectivity index (χ1) is 28.3. The van der Waals surface area contributed by atoms with Crippen molar-refractivity contribution in [3.8, 4) is 44.8 Å². The van der Waals surface area contributed by atoms with E-state index in [1.807, 2.05) is 36.8 Å². The van der Waals surface area contributed by atoms with Gasteiger partial charge in [0.15, 0.2) is 0 Å². The molecule has 11 aromatic rings. The van der Waals surface area contributed by atoms with Crippen LogP contribution in [0.1, 0.15) is 22.3 Å². The summed E-state index contributed by atoms with van der Waals surface area (Å²) in [5.41, 5.74) is 21.8. The second-order valence-corrected chi connectivity index (χ2v) is 15.2. The first-order valence-electron chi connectivity index (χ1n) is 19.4. The zero-order valence-electron chi connectivity index (χ0n) is 30.6. The van der Waals surface area contributed by atoms with Crippen molar-refractivity contribution < 1.29 is 0 Å². The second-order valence-electron chi connectivity index (χ2n) is 15.2. The molecule has 0 saturated carbocycles. The average Bonchev–Trinajstić information content (AvgIpc) is 3.98. The molecule has 1 spiro atoms. The molecule has 264 valence electrons. The molecule has 0 aliphatic heterocycles. The number of hydrogen-bond acceptors (Lipinski definition) is 3. The molecule has 0 unspecified atom stereocenters. The van der Waals surface area contributed by atoms with E-state index in [9.17, 15) is 0 Å². The van der Waals surface area contributed by atoms with Gasteiger partial charge < -0.3 is 9.13 Å². The number of benzene rings is 6. The Morgan fingerprint density at radius 2 is 0.754 bits per heavy atom. The lowest BCUT2D eigenvalue weighted by Crippen LogP contribution is -2.25. The minimum atomic E-state index is -0.412. The number of fused-ring (bicyclic) bond motifs is 16. The Hall–Kier alpha value is -7.63. The van der Waals surface area contributed by atoms with E-state index in [2.05, 4.69) is 171 Å². The van der Waals surface area contributed by atoms with Gasteiger partial charge in [-0.3, -0.25) is 15.0 Å². The van der Waals surface area contributed by atoms with E-state index in [4.69, 9.17) is 4.98 Å². The third kappa shape index (κ3) is 3.94. The average molecular weight is 726 g/mol. The Bertz CT molecular complexity index is 3360. The Kier molecular flexibility index (Phi) is 6.04. The van der Waals surface area contributed by atoms with Crippen LogP contribution in [-0.4, -0.2) is 24.1 Å². The van der Waals surface area contributed by atoms with E-state index >= 15 is 0 Å². The third-order valence-electron chi connectivity index (χ3n) is 12.5. The number of rotatable bonds is 3. The molecule has 0 N–H and O–H groups in total. The molecule has 0 radical (unpaired) electrons. The molecule has 0 amide bonds. The van der Waals surface area contributed by atoms with Crippen LogP contribution in [0.15, 0.2) is 188 Å². The van der Waals surface area contributed by atoms with Crippen LogP contribution < -0.4 is 0 Å². The normalized spacial score (nSPS) is 13.4. The van der Waals surface area contributed by atoms with E-state index < -0.39 is 5.41 Å². The highest BCUT2D eigenvalue weighted by molar-refractivity contribution is 6.11. The zero-order valence-corrected chi connectivity index (χ0v) is 30.6. The first-order valence-corrected chi connectivity index (χ1v) is 19.4. The molecule has 13 rings (SSSR count). The van der Waals surface area contributed by atoms with Crippen LogP contribution in [0.4, 0.5) is 0 Å². The molecule has 6 aromatic carbocycles. The van der Waals surface area contributed by atoms with Gasteiger partial charge in [-0.25, -0.2) is 0 Å². The zero-order chi connectivity index (χ0) is 37.2. The van der Waals surface area contributed by atoms with Gasteiger partial charge >= 0.3 is 0 Å².